The van der Waals surface area contributed by atoms with Gasteiger partial charge in [0, 0.05) is 19.3 Å². The minimum atomic E-state index is -0.801. The van der Waals surface area contributed by atoms with E-state index in [0.717, 1.165) is 77.0 Å². The van der Waals surface area contributed by atoms with Crippen LogP contribution in [0, 0.1) is 0 Å². The van der Waals surface area contributed by atoms with Crippen molar-refractivity contribution < 1.29 is 28.6 Å². The fraction of sp³-hybridized carbons (Fsp3) is 0.741. The standard InChI is InChI=1S/C58H100O6/c1-4-7-10-13-16-19-22-25-27-28-29-30-32-34-37-39-42-45-48-51-57(60)63-54-55(64-58(61)52-49-46-43-40-35-24-21-18-15-12-9-6-3)53-62-56(59)50-47-44-41-38-36-33-31-26-23-20-17-14-11-8-5-2/h7,10,16,19,25,27,29-30,34,37,42,45,55H,4-6,8-9,11-15,17-18,20-24,26,28,31-33,35-36,38-41,43-44,46-54H2,1-3H3/b10-7-,19-16-,27-25-,30-29-,37-34-,45-42-/t55-/m0/s1. The largest absolute Gasteiger partial charge is 0.462 e. The van der Waals surface area contributed by atoms with Gasteiger partial charge in [-0.3, -0.25) is 14.4 Å². The molecule has 0 radical (unpaired) electrons. The molecule has 6 heteroatoms. The van der Waals surface area contributed by atoms with Gasteiger partial charge in [0.25, 0.3) is 0 Å². The molecular formula is C58H100O6. The van der Waals surface area contributed by atoms with Crippen LogP contribution >= 0.6 is 0 Å². The number of hydrogen-bond donors (Lipinski definition) is 0. The lowest BCUT2D eigenvalue weighted by Gasteiger charge is -2.18. The predicted octanol–water partition coefficient (Wildman–Crippen LogP) is 17.8. The quantitative estimate of drug-likeness (QED) is 0.0262. The van der Waals surface area contributed by atoms with Gasteiger partial charge in [0.1, 0.15) is 13.2 Å². The zero-order chi connectivity index (χ0) is 46.5. The van der Waals surface area contributed by atoms with Gasteiger partial charge in [-0.15, -0.1) is 0 Å². The third-order valence-corrected chi connectivity index (χ3v) is 11.5. The molecule has 368 valence electrons. The fourth-order valence-corrected chi connectivity index (χ4v) is 7.47. The van der Waals surface area contributed by atoms with Crippen LogP contribution in [0.5, 0.6) is 0 Å². The Bertz CT molecular complexity index is 1210. The second-order valence-corrected chi connectivity index (χ2v) is 17.8. The summed E-state index contributed by atoms with van der Waals surface area (Å²) in [4.78, 5) is 38.0. The van der Waals surface area contributed by atoms with E-state index in [0.29, 0.717) is 19.3 Å². The highest BCUT2D eigenvalue weighted by molar-refractivity contribution is 5.71. The number of carbonyl (C=O) groups excluding carboxylic acids is 3. The topological polar surface area (TPSA) is 78.9 Å². The van der Waals surface area contributed by atoms with Gasteiger partial charge < -0.3 is 14.2 Å². The molecule has 0 aromatic carbocycles. The maximum absolute atomic E-state index is 12.8. The Kier molecular flexibility index (Phi) is 49.9. The van der Waals surface area contributed by atoms with E-state index in [1.807, 2.05) is 6.08 Å². The first-order valence-electron chi connectivity index (χ1n) is 26.9. The Morgan fingerprint density at radius 3 is 0.953 bits per heavy atom. The lowest BCUT2D eigenvalue weighted by Crippen LogP contribution is -2.30. The fourth-order valence-electron chi connectivity index (χ4n) is 7.47. The molecule has 0 rings (SSSR count). The van der Waals surface area contributed by atoms with Crippen LogP contribution in [0.15, 0.2) is 72.9 Å². The monoisotopic (exact) mass is 893 g/mol. The molecule has 64 heavy (non-hydrogen) atoms. The summed E-state index contributed by atoms with van der Waals surface area (Å²) in [6.45, 7) is 6.47. The molecule has 0 spiro atoms. The van der Waals surface area contributed by atoms with Crippen LogP contribution in [0.25, 0.3) is 0 Å². The molecule has 0 N–H and O–H groups in total. The first-order chi connectivity index (χ1) is 31.5. The number of carbonyl (C=O) groups is 3. The Labute approximate surface area is 395 Å². The van der Waals surface area contributed by atoms with Gasteiger partial charge in [-0.05, 0) is 57.8 Å². The molecule has 0 heterocycles. The van der Waals surface area contributed by atoms with E-state index in [2.05, 4.69) is 87.6 Å². The van der Waals surface area contributed by atoms with Gasteiger partial charge in [-0.25, -0.2) is 0 Å². The predicted molar refractivity (Wildman–Crippen MR) is 274 cm³/mol. The summed E-state index contributed by atoms with van der Waals surface area (Å²) in [6, 6.07) is 0. The number of ether oxygens (including phenoxy) is 3. The normalized spacial score (nSPS) is 12.6. The van der Waals surface area contributed by atoms with Crippen LogP contribution in [0.3, 0.4) is 0 Å². The lowest BCUT2D eigenvalue weighted by molar-refractivity contribution is -0.166. The molecule has 0 unspecified atom stereocenters. The third-order valence-electron chi connectivity index (χ3n) is 11.5. The Morgan fingerprint density at radius 2 is 0.609 bits per heavy atom. The lowest BCUT2D eigenvalue weighted by atomic mass is 10.0. The van der Waals surface area contributed by atoms with E-state index in [1.165, 1.54) is 135 Å². The van der Waals surface area contributed by atoms with E-state index < -0.39 is 6.10 Å². The van der Waals surface area contributed by atoms with E-state index in [9.17, 15) is 14.4 Å². The molecule has 0 amide bonds. The molecule has 0 aliphatic carbocycles. The van der Waals surface area contributed by atoms with Crippen molar-refractivity contribution in [3.8, 4) is 0 Å². The molecule has 0 aromatic heterocycles. The molecule has 0 aliphatic rings. The van der Waals surface area contributed by atoms with E-state index in [-0.39, 0.29) is 37.5 Å². The van der Waals surface area contributed by atoms with Gasteiger partial charge in [0.2, 0.25) is 0 Å². The number of unbranched alkanes of at least 4 members (excludes halogenated alkanes) is 25. The average Bonchev–Trinajstić information content (AvgIpc) is 3.29. The van der Waals surface area contributed by atoms with Crippen molar-refractivity contribution in [1.29, 1.82) is 0 Å². The summed E-state index contributed by atoms with van der Waals surface area (Å²) in [5, 5.41) is 0. The summed E-state index contributed by atoms with van der Waals surface area (Å²) < 4.78 is 16.7. The smallest absolute Gasteiger partial charge is 0.306 e. The van der Waals surface area contributed by atoms with Crippen molar-refractivity contribution >= 4 is 17.9 Å². The van der Waals surface area contributed by atoms with Crippen LogP contribution in [0.1, 0.15) is 258 Å². The highest BCUT2D eigenvalue weighted by atomic mass is 16.6. The summed E-state index contributed by atoms with van der Waals surface area (Å²) in [5.74, 6) is -0.976. The summed E-state index contributed by atoms with van der Waals surface area (Å²) >= 11 is 0. The van der Waals surface area contributed by atoms with Gasteiger partial charge in [0.05, 0.1) is 0 Å². The second-order valence-electron chi connectivity index (χ2n) is 17.8. The summed E-state index contributed by atoms with van der Waals surface area (Å²) in [6.07, 6.45) is 66.1. The zero-order valence-corrected chi connectivity index (χ0v) is 42.0. The highest BCUT2D eigenvalue weighted by Gasteiger charge is 2.19. The molecule has 0 saturated carbocycles. The van der Waals surface area contributed by atoms with Crippen molar-refractivity contribution in [3.63, 3.8) is 0 Å². The van der Waals surface area contributed by atoms with Crippen molar-refractivity contribution in [2.24, 2.45) is 0 Å². The third kappa shape index (κ3) is 49.9. The minimum absolute atomic E-state index is 0.0951. The first-order valence-corrected chi connectivity index (χ1v) is 26.9. The van der Waals surface area contributed by atoms with Crippen molar-refractivity contribution in [3.05, 3.63) is 72.9 Å². The van der Waals surface area contributed by atoms with Gasteiger partial charge in [-0.1, -0.05) is 254 Å². The van der Waals surface area contributed by atoms with Crippen LogP contribution in [0.4, 0.5) is 0 Å². The first kappa shape index (κ1) is 60.9. The highest BCUT2D eigenvalue weighted by Crippen LogP contribution is 2.16. The molecule has 0 saturated heterocycles. The average molecular weight is 893 g/mol. The number of esters is 3. The molecule has 0 bridgehead atoms. The van der Waals surface area contributed by atoms with E-state index in [4.69, 9.17) is 14.2 Å². The summed E-state index contributed by atoms with van der Waals surface area (Å²) in [5.41, 5.74) is 0. The Hall–Kier alpha value is -3.15. The SMILES string of the molecule is CC/C=C\C/C=C\C/C=C\C/C=C\C/C=C\C/C=C\CCC(=O)OC[C@H](COC(=O)CCCCCCCCCCCCCCCCC)OC(=O)CCCCCCCCCCCCCC. The molecular weight excluding hydrogens is 793 g/mol. The van der Waals surface area contributed by atoms with Crippen molar-refractivity contribution in [2.45, 2.75) is 264 Å². The maximum atomic E-state index is 12.8. The maximum Gasteiger partial charge on any atom is 0.306 e. The van der Waals surface area contributed by atoms with E-state index >= 15 is 0 Å². The number of rotatable bonds is 48. The van der Waals surface area contributed by atoms with Crippen molar-refractivity contribution in [2.75, 3.05) is 13.2 Å². The van der Waals surface area contributed by atoms with Gasteiger partial charge in [-0.2, -0.15) is 0 Å². The van der Waals surface area contributed by atoms with Crippen LogP contribution in [0.2, 0.25) is 0 Å². The van der Waals surface area contributed by atoms with Crippen molar-refractivity contribution in [1.82, 2.24) is 0 Å². The number of allylic oxidation sites excluding steroid dienone is 12. The zero-order valence-electron chi connectivity index (χ0n) is 42.0. The molecule has 0 aromatic rings. The molecule has 6 nitrogen and oxygen atoms in total. The Balaban J connectivity index is 4.45. The number of hydrogen-bond acceptors (Lipinski definition) is 6. The van der Waals surface area contributed by atoms with Crippen LogP contribution < -0.4 is 0 Å². The second kappa shape index (κ2) is 52.5. The van der Waals surface area contributed by atoms with Gasteiger partial charge in [0.15, 0.2) is 6.10 Å². The van der Waals surface area contributed by atoms with Crippen LogP contribution in [-0.4, -0.2) is 37.2 Å². The van der Waals surface area contributed by atoms with Crippen LogP contribution in [-0.2, 0) is 28.6 Å². The molecule has 0 fully saturated rings. The summed E-state index contributed by atoms with van der Waals surface area (Å²) in [7, 11) is 0. The Morgan fingerprint density at radius 1 is 0.328 bits per heavy atom. The molecule has 0 aliphatic heterocycles. The minimum Gasteiger partial charge on any atom is -0.462 e. The van der Waals surface area contributed by atoms with E-state index in [1.54, 1.807) is 0 Å². The van der Waals surface area contributed by atoms with Gasteiger partial charge >= 0.3 is 17.9 Å². The molecule has 1 atom stereocenters.